The predicted molar refractivity (Wildman–Crippen MR) is 124 cm³/mol. The molecule has 7 nitrogen and oxygen atoms in total. The zero-order valence-electron chi connectivity index (χ0n) is 18.4. The van der Waals surface area contributed by atoms with Gasteiger partial charge in [0.2, 0.25) is 0 Å². The number of anilines is 1. The highest BCUT2D eigenvalue weighted by atomic mass is 19.1. The molecule has 0 saturated carbocycles. The molecule has 2 amide bonds. The molecule has 8 heteroatoms. The second kappa shape index (κ2) is 9.74. The summed E-state index contributed by atoms with van der Waals surface area (Å²) < 4.78 is 19.9. The van der Waals surface area contributed by atoms with Gasteiger partial charge in [-0.1, -0.05) is 55.5 Å². The molecule has 0 fully saturated rings. The third-order valence-electron chi connectivity index (χ3n) is 5.82. The first-order valence-electron chi connectivity index (χ1n) is 10.8. The summed E-state index contributed by atoms with van der Waals surface area (Å²) in [6.07, 6.45) is -0.597. The van der Waals surface area contributed by atoms with Crippen molar-refractivity contribution in [2.24, 2.45) is 0 Å². The molecular formula is C26H23FN2O5. The largest absolute Gasteiger partial charge is 0.480 e. The van der Waals surface area contributed by atoms with Gasteiger partial charge in [0, 0.05) is 11.6 Å². The van der Waals surface area contributed by atoms with E-state index in [2.05, 4.69) is 10.6 Å². The number of rotatable bonds is 7. The van der Waals surface area contributed by atoms with E-state index in [4.69, 9.17) is 9.84 Å². The van der Waals surface area contributed by atoms with Gasteiger partial charge in [0.05, 0.1) is 5.56 Å². The number of halogens is 1. The number of hydrogen-bond acceptors (Lipinski definition) is 4. The minimum Gasteiger partial charge on any atom is -0.480 e. The van der Waals surface area contributed by atoms with Gasteiger partial charge < -0.3 is 15.2 Å². The van der Waals surface area contributed by atoms with E-state index in [0.29, 0.717) is 0 Å². The van der Waals surface area contributed by atoms with Crippen molar-refractivity contribution < 1.29 is 28.6 Å². The predicted octanol–water partition coefficient (Wildman–Crippen LogP) is 4.78. The molecule has 0 heterocycles. The molecule has 0 aliphatic heterocycles. The Bertz CT molecular complexity index is 1210. The van der Waals surface area contributed by atoms with Crippen LogP contribution in [0.1, 0.15) is 40.7 Å². The van der Waals surface area contributed by atoms with Crippen LogP contribution in [0.25, 0.3) is 11.1 Å². The Morgan fingerprint density at radius 3 is 2.18 bits per heavy atom. The van der Waals surface area contributed by atoms with E-state index in [9.17, 15) is 18.8 Å². The minimum absolute atomic E-state index is 0.108. The van der Waals surface area contributed by atoms with E-state index in [1.54, 1.807) is 6.92 Å². The summed E-state index contributed by atoms with van der Waals surface area (Å²) in [5.41, 5.74) is 4.15. The molecule has 0 spiro atoms. The SMILES string of the molecule is CC[C@H](NC(=O)c1ccc(NC(=O)OCC2c3ccccc3-c3ccccc32)cc1F)C(=O)O. The number of fused-ring (bicyclic) bond motifs is 3. The Morgan fingerprint density at radius 1 is 1.00 bits per heavy atom. The van der Waals surface area contributed by atoms with Gasteiger partial charge in [0.15, 0.2) is 0 Å². The van der Waals surface area contributed by atoms with Gasteiger partial charge in [-0.15, -0.1) is 0 Å². The van der Waals surface area contributed by atoms with Gasteiger partial charge in [-0.2, -0.15) is 0 Å². The van der Waals surface area contributed by atoms with E-state index in [-0.39, 0.29) is 30.2 Å². The molecule has 4 rings (SSSR count). The summed E-state index contributed by atoms with van der Waals surface area (Å²) in [7, 11) is 0. The maximum absolute atomic E-state index is 14.5. The maximum atomic E-state index is 14.5. The van der Waals surface area contributed by atoms with E-state index in [1.807, 2.05) is 48.5 Å². The molecule has 1 aliphatic carbocycles. The van der Waals surface area contributed by atoms with E-state index in [0.717, 1.165) is 28.3 Å². The molecule has 1 aliphatic rings. The van der Waals surface area contributed by atoms with Crippen LogP contribution >= 0.6 is 0 Å². The standard InChI is InChI=1S/C26H23FN2O5/c1-2-23(25(31)32)29-24(30)20-12-11-15(13-22(20)27)28-26(33)34-14-21-18-9-5-3-7-16(18)17-8-4-6-10-19(17)21/h3-13,21,23H,2,14H2,1H3,(H,28,33)(H,29,30)(H,31,32)/t23-/m0/s1. The van der Waals surface area contributed by atoms with Crippen LogP contribution in [0.15, 0.2) is 66.7 Å². The zero-order valence-corrected chi connectivity index (χ0v) is 18.4. The van der Waals surface area contributed by atoms with Crippen molar-refractivity contribution >= 4 is 23.7 Å². The monoisotopic (exact) mass is 462 g/mol. The van der Waals surface area contributed by atoms with Gasteiger partial charge in [0.25, 0.3) is 5.91 Å². The van der Waals surface area contributed by atoms with Gasteiger partial charge in [-0.25, -0.2) is 14.0 Å². The van der Waals surface area contributed by atoms with Crippen molar-refractivity contribution in [1.82, 2.24) is 5.32 Å². The zero-order chi connectivity index (χ0) is 24.2. The van der Waals surface area contributed by atoms with Crippen molar-refractivity contribution in [2.45, 2.75) is 25.3 Å². The van der Waals surface area contributed by atoms with Gasteiger partial charge in [0.1, 0.15) is 18.5 Å². The fraction of sp³-hybridized carbons (Fsp3) is 0.192. The Morgan fingerprint density at radius 2 is 1.62 bits per heavy atom. The van der Waals surface area contributed by atoms with Crippen LogP contribution in [0.2, 0.25) is 0 Å². The Balaban J connectivity index is 1.40. The molecule has 3 aromatic rings. The second-order valence-corrected chi connectivity index (χ2v) is 7.92. The number of benzene rings is 3. The minimum atomic E-state index is -1.20. The topological polar surface area (TPSA) is 105 Å². The third kappa shape index (κ3) is 4.61. The highest BCUT2D eigenvalue weighted by Crippen LogP contribution is 2.44. The number of ether oxygens (including phenoxy) is 1. The highest BCUT2D eigenvalue weighted by molar-refractivity contribution is 5.97. The lowest BCUT2D eigenvalue weighted by atomic mass is 9.98. The Labute approximate surface area is 195 Å². The summed E-state index contributed by atoms with van der Waals surface area (Å²) in [5.74, 6) is -3.06. The summed E-state index contributed by atoms with van der Waals surface area (Å²) in [4.78, 5) is 35.7. The quantitative estimate of drug-likeness (QED) is 0.469. The van der Waals surface area contributed by atoms with Gasteiger partial charge in [-0.05, 0) is 46.9 Å². The number of carbonyl (C=O) groups excluding carboxylic acids is 2. The number of carboxylic acids is 1. The molecular weight excluding hydrogens is 439 g/mol. The molecule has 0 radical (unpaired) electrons. The van der Waals surface area contributed by atoms with Crippen molar-refractivity contribution in [3.63, 3.8) is 0 Å². The van der Waals surface area contributed by atoms with Gasteiger partial charge >= 0.3 is 12.1 Å². The molecule has 0 bridgehead atoms. The van der Waals surface area contributed by atoms with Crippen molar-refractivity contribution in [2.75, 3.05) is 11.9 Å². The van der Waals surface area contributed by atoms with Crippen molar-refractivity contribution in [3.8, 4) is 11.1 Å². The molecule has 3 N–H and O–H groups in total. The number of nitrogens with one attached hydrogen (secondary N) is 2. The van der Waals surface area contributed by atoms with Crippen molar-refractivity contribution in [3.05, 3.63) is 89.2 Å². The number of carbonyl (C=O) groups is 3. The number of aliphatic carboxylic acids is 1. The average molecular weight is 462 g/mol. The van der Waals surface area contributed by atoms with Crippen LogP contribution in [0.5, 0.6) is 0 Å². The first-order valence-corrected chi connectivity index (χ1v) is 10.8. The van der Waals surface area contributed by atoms with Crippen LogP contribution in [0.4, 0.5) is 14.9 Å². The van der Waals surface area contributed by atoms with Crippen LogP contribution in [0, 0.1) is 5.82 Å². The van der Waals surface area contributed by atoms with Crippen LogP contribution in [-0.4, -0.2) is 35.7 Å². The highest BCUT2D eigenvalue weighted by Gasteiger charge is 2.29. The third-order valence-corrected chi connectivity index (χ3v) is 5.82. The van der Waals surface area contributed by atoms with E-state index >= 15 is 0 Å². The molecule has 0 unspecified atom stereocenters. The Hall–Kier alpha value is -4.20. The first-order chi connectivity index (χ1) is 16.4. The average Bonchev–Trinajstić information content (AvgIpc) is 3.14. The maximum Gasteiger partial charge on any atom is 0.411 e. The summed E-state index contributed by atoms with van der Waals surface area (Å²) >= 11 is 0. The molecule has 0 saturated heterocycles. The molecule has 3 aromatic carbocycles. The first kappa shape index (κ1) is 23.0. The molecule has 174 valence electrons. The number of hydrogen-bond donors (Lipinski definition) is 3. The van der Waals surface area contributed by atoms with Crippen LogP contribution < -0.4 is 10.6 Å². The van der Waals surface area contributed by atoms with Gasteiger partial charge in [-0.3, -0.25) is 10.1 Å². The summed E-state index contributed by atoms with van der Waals surface area (Å²) in [6.45, 7) is 1.70. The lowest BCUT2D eigenvalue weighted by molar-refractivity contribution is -0.139. The fourth-order valence-electron chi connectivity index (χ4n) is 4.10. The molecule has 34 heavy (non-hydrogen) atoms. The molecule has 1 atom stereocenters. The summed E-state index contributed by atoms with van der Waals surface area (Å²) in [5, 5.41) is 13.8. The second-order valence-electron chi connectivity index (χ2n) is 7.92. The Kier molecular flexibility index (Phi) is 6.58. The van der Waals surface area contributed by atoms with Crippen LogP contribution in [0.3, 0.4) is 0 Å². The van der Waals surface area contributed by atoms with Crippen molar-refractivity contribution in [1.29, 1.82) is 0 Å². The van der Waals surface area contributed by atoms with E-state index < -0.39 is 29.8 Å². The smallest absolute Gasteiger partial charge is 0.411 e. The lowest BCUT2D eigenvalue weighted by Crippen LogP contribution is -2.40. The summed E-state index contributed by atoms with van der Waals surface area (Å²) in [6, 6.07) is 18.3. The van der Waals surface area contributed by atoms with E-state index in [1.165, 1.54) is 12.1 Å². The molecule has 0 aromatic heterocycles. The fourth-order valence-corrected chi connectivity index (χ4v) is 4.10. The van der Waals surface area contributed by atoms with Crippen LogP contribution in [-0.2, 0) is 9.53 Å². The normalized spacial score (nSPS) is 12.9. The number of carboxylic acid groups (broad SMARTS) is 1. The number of amides is 2. The lowest BCUT2D eigenvalue weighted by Gasteiger charge is -2.15.